The number of thiophene rings is 1. The Morgan fingerprint density at radius 3 is 2.41 bits per heavy atom. The molecule has 1 saturated heterocycles. The maximum Gasteiger partial charge on any atom is 0.294 e. The van der Waals surface area contributed by atoms with E-state index in [0.29, 0.717) is 31.4 Å². The molecule has 276 valence electrons. The topological polar surface area (TPSA) is 71.8 Å². The van der Waals surface area contributed by atoms with Crippen molar-refractivity contribution in [1.29, 1.82) is 0 Å². The highest BCUT2D eigenvalue weighted by Crippen LogP contribution is 2.38. The molecule has 7 nitrogen and oxygen atoms in total. The van der Waals surface area contributed by atoms with Crippen molar-refractivity contribution in [3.63, 3.8) is 0 Å². The molecular weight excluding hydrogens is 751 g/mol. The van der Waals surface area contributed by atoms with Crippen molar-refractivity contribution in [3.8, 4) is 0 Å². The minimum Gasteiger partial charge on any atom is -0.446 e. The van der Waals surface area contributed by atoms with Crippen LogP contribution in [-0.2, 0) is 33.9 Å². The summed E-state index contributed by atoms with van der Waals surface area (Å²) in [4.78, 5) is 44.3. The van der Waals surface area contributed by atoms with E-state index < -0.39 is 0 Å². The highest BCUT2D eigenvalue weighted by atomic mass is 32.2. The first kappa shape index (κ1) is 37.8. The Balaban J connectivity index is 1.27. The molecule has 2 aliphatic rings. The van der Waals surface area contributed by atoms with Crippen molar-refractivity contribution in [2.24, 2.45) is 0 Å². The molecule has 2 aromatic heterocycles. The lowest BCUT2D eigenvalue weighted by molar-refractivity contribution is -0.132. The number of fused-ring (bicyclic) bond motifs is 2. The van der Waals surface area contributed by atoms with Gasteiger partial charge in [0.25, 0.3) is 17.9 Å². The predicted octanol–water partition coefficient (Wildman–Crippen LogP) is 8.32. The average molecular weight is 792 g/mol. The number of thiocarbonyl (C=S) groups is 1. The molecule has 11 heteroatoms. The third kappa shape index (κ3) is 7.95. The summed E-state index contributed by atoms with van der Waals surface area (Å²) >= 11 is 9.39. The fourth-order valence-corrected chi connectivity index (χ4v) is 10.7. The van der Waals surface area contributed by atoms with Gasteiger partial charge >= 0.3 is 0 Å². The van der Waals surface area contributed by atoms with Gasteiger partial charge in [0.05, 0.1) is 4.53 Å². The number of ether oxygens (including phenoxy) is 1. The van der Waals surface area contributed by atoms with Crippen LogP contribution >= 0.6 is 46.7 Å². The summed E-state index contributed by atoms with van der Waals surface area (Å²) in [6.07, 6.45) is 11.0. The molecule has 1 fully saturated rings. The smallest absolute Gasteiger partial charge is 0.294 e. The van der Waals surface area contributed by atoms with E-state index in [-0.39, 0.29) is 18.2 Å². The normalized spacial score (nSPS) is 15.7. The molecule has 0 unspecified atom stereocenters. The van der Waals surface area contributed by atoms with Crippen molar-refractivity contribution < 1.29 is 14.3 Å². The molecule has 0 aliphatic carbocycles. The monoisotopic (exact) mass is 791 g/mol. The van der Waals surface area contributed by atoms with Crippen LogP contribution in [0.5, 0.6) is 0 Å². The van der Waals surface area contributed by atoms with Crippen molar-refractivity contribution in [1.82, 2.24) is 9.47 Å². The minimum absolute atomic E-state index is 0.252. The number of thioether (sulfide) groups is 1. The van der Waals surface area contributed by atoms with Gasteiger partial charge in [-0.25, -0.2) is 0 Å². The summed E-state index contributed by atoms with van der Waals surface area (Å²) in [5, 5.41) is 0. The Labute approximate surface area is 332 Å². The SMILES string of the molecule is CCCCCCN1c2ccccc2CCc2cc(C=C(c3ccccc3)c3ccc(C=c4sc(=C5SC(=S)N(CC)C5=O)n(COC=O)c4=O)s3)ccc21. The maximum absolute atomic E-state index is 13.7. The molecule has 0 spiro atoms. The fourth-order valence-electron chi connectivity index (χ4n) is 6.98. The summed E-state index contributed by atoms with van der Waals surface area (Å²) in [7, 11) is 0. The van der Waals surface area contributed by atoms with Gasteiger partial charge in [-0.3, -0.25) is 23.9 Å². The zero-order valence-corrected chi connectivity index (χ0v) is 33.6. The molecule has 5 aromatic rings. The lowest BCUT2D eigenvalue weighted by Crippen LogP contribution is -2.34. The summed E-state index contributed by atoms with van der Waals surface area (Å²) < 4.78 is 7.63. The standard InChI is InChI=1S/C43H41N3O4S4/c1-3-5-6-12-23-45-35-16-11-10-15-31(35)18-19-32-24-29(17-21-36(32)45)25-34(30-13-8-7-9-14-30)37-22-20-33(52-37)26-38-40(48)46(27-50-28-47)42(53-38)39-41(49)44(4-2)43(51)54-39/h7-11,13-17,20-22,24-26,28H,3-6,12,18-19,23,27H2,1-2H3. The van der Waals surface area contributed by atoms with E-state index in [0.717, 1.165) is 64.0 Å². The summed E-state index contributed by atoms with van der Waals surface area (Å²) in [6, 6.07) is 30.2. The van der Waals surface area contributed by atoms with E-state index in [4.69, 9.17) is 17.0 Å². The van der Waals surface area contributed by atoms with Crippen molar-refractivity contribution in [3.05, 3.63) is 136 Å². The van der Waals surface area contributed by atoms with Crippen LogP contribution in [0.15, 0.2) is 89.7 Å². The van der Waals surface area contributed by atoms with Crippen molar-refractivity contribution in [2.75, 3.05) is 18.0 Å². The van der Waals surface area contributed by atoms with Crippen LogP contribution in [0.1, 0.15) is 71.5 Å². The Morgan fingerprint density at radius 2 is 1.63 bits per heavy atom. The predicted molar refractivity (Wildman–Crippen MR) is 229 cm³/mol. The van der Waals surface area contributed by atoms with E-state index in [2.05, 4.69) is 90.7 Å². The molecule has 0 atom stereocenters. The molecule has 0 radical (unpaired) electrons. The first-order valence-corrected chi connectivity index (χ1v) is 21.2. The molecular formula is C43H41N3O4S4. The number of hydrogen-bond donors (Lipinski definition) is 0. The second-order valence-electron chi connectivity index (χ2n) is 13.1. The first-order valence-electron chi connectivity index (χ1n) is 18.3. The van der Waals surface area contributed by atoms with E-state index >= 15 is 0 Å². The molecule has 0 N–H and O–H groups in total. The second kappa shape index (κ2) is 17.3. The number of benzene rings is 3. The van der Waals surface area contributed by atoms with Crippen LogP contribution in [0.3, 0.4) is 0 Å². The van der Waals surface area contributed by atoms with Crippen LogP contribution in [0.25, 0.3) is 22.6 Å². The molecule has 0 saturated carbocycles. The number of aryl methyl sites for hydroxylation is 2. The van der Waals surface area contributed by atoms with Crippen LogP contribution in [0.4, 0.5) is 11.4 Å². The first-order chi connectivity index (χ1) is 26.4. The van der Waals surface area contributed by atoms with Crippen molar-refractivity contribution >= 4 is 97.4 Å². The van der Waals surface area contributed by atoms with Gasteiger partial charge in [0.2, 0.25) is 0 Å². The number of unbranched alkanes of at least 4 members (excludes halogenated alkanes) is 3. The lowest BCUT2D eigenvalue weighted by Gasteiger charge is -2.27. The number of para-hydroxylation sites is 1. The number of thiazole rings is 1. The van der Waals surface area contributed by atoms with Crippen LogP contribution in [-0.4, -0.2) is 39.3 Å². The molecule has 3 aromatic carbocycles. The van der Waals surface area contributed by atoms with Gasteiger partial charge in [0.1, 0.15) is 13.9 Å². The largest absolute Gasteiger partial charge is 0.446 e. The van der Waals surface area contributed by atoms with Gasteiger partial charge in [0, 0.05) is 34.2 Å². The lowest BCUT2D eigenvalue weighted by atomic mass is 9.98. The van der Waals surface area contributed by atoms with E-state index in [1.54, 1.807) is 11.3 Å². The number of amides is 1. The second-order valence-corrected chi connectivity index (χ2v) is 16.9. The molecule has 0 bridgehead atoms. The Morgan fingerprint density at radius 1 is 0.852 bits per heavy atom. The number of carbonyl (C=O) groups is 2. The van der Waals surface area contributed by atoms with Gasteiger partial charge < -0.3 is 9.64 Å². The van der Waals surface area contributed by atoms with E-state index in [1.807, 2.05) is 25.1 Å². The molecule has 4 heterocycles. The third-order valence-corrected chi connectivity index (χ3v) is 13.4. The minimum atomic E-state index is -0.334. The number of carbonyl (C=O) groups excluding carboxylic acids is 2. The van der Waals surface area contributed by atoms with E-state index in [1.165, 1.54) is 62.6 Å². The number of anilines is 2. The molecule has 2 aliphatic heterocycles. The summed E-state index contributed by atoms with van der Waals surface area (Å²) in [6.45, 7) is 5.55. The zero-order chi connectivity index (χ0) is 37.6. The van der Waals surface area contributed by atoms with Crippen LogP contribution in [0.2, 0.25) is 0 Å². The Bertz CT molecular complexity index is 2410. The van der Waals surface area contributed by atoms with Gasteiger partial charge in [0.15, 0.2) is 6.73 Å². The Kier molecular flexibility index (Phi) is 12.1. The number of aromatic nitrogens is 1. The van der Waals surface area contributed by atoms with Gasteiger partial charge in [-0.2, -0.15) is 0 Å². The molecule has 7 rings (SSSR count). The number of nitrogens with zero attached hydrogens (tertiary/aromatic N) is 3. The maximum atomic E-state index is 13.7. The van der Waals surface area contributed by atoms with Crippen molar-refractivity contribution in [2.45, 2.75) is 59.1 Å². The summed E-state index contributed by atoms with van der Waals surface area (Å²) in [5.41, 5.74) is 8.36. The quantitative estimate of drug-likeness (QED) is 0.0514. The fraction of sp³-hybridized carbons (Fsp3) is 0.256. The summed E-state index contributed by atoms with van der Waals surface area (Å²) in [5.74, 6) is -0.252. The van der Waals surface area contributed by atoms with Gasteiger partial charge in [-0.05, 0) is 96.5 Å². The average Bonchev–Trinajstić information content (AvgIpc) is 3.83. The van der Waals surface area contributed by atoms with Crippen LogP contribution < -0.4 is 19.7 Å². The number of hydrogen-bond acceptors (Lipinski definition) is 9. The highest BCUT2D eigenvalue weighted by molar-refractivity contribution is 8.30. The number of rotatable bonds is 13. The molecule has 1 amide bonds. The zero-order valence-electron chi connectivity index (χ0n) is 30.3. The highest BCUT2D eigenvalue weighted by Gasteiger charge is 2.33. The third-order valence-electron chi connectivity index (χ3n) is 9.68. The Hall–Kier alpha value is -4.55. The van der Waals surface area contributed by atoms with Gasteiger partial charge in [-0.1, -0.05) is 105 Å². The molecule has 54 heavy (non-hydrogen) atoms. The van der Waals surface area contributed by atoms with Crippen LogP contribution in [0, 0.1) is 0 Å². The van der Waals surface area contributed by atoms with Gasteiger partial charge in [-0.15, -0.1) is 22.7 Å². The van der Waals surface area contributed by atoms with E-state index in [9.17, 15) is 14.4 Å².